The fourth-order valence-corrected chi connectivity index (χ4v) is 3.18. The highest BCUT2D eigenvalue weighted by Gasteiger charge is 2.16. The third-order valence-corrected chi connectivity index (χ3v) is 4.38. The predicted molar refractivity (Wildman–Crippen MR) is 112 cm³/mol. The molecule has 2 radical (unpaired) electrons. The SMILES string of the molecule is [B]c1ccc(N(c2ccccc2)c2ccccc2)c(-c2ccccc2)c1. The maximum Gasteiger partial charge on any atom is 0.113 e. The van der Waals surface area contributed by atoms with Gasteiger partial charge in [0.2, 0.25) is 0 Å². The number of hydrogen-bond donors (Lipinski definition) is 0. The molecule has 0 aliphatic heterocycles. The molecule has 0 aliphatic carbocycles. The van der Waals surface area contributed by atoms with Gasteiger partial charge in [-0.05, 0) is 35.9 Å². The van der Waals surface area contributed by atoms with Crippen molar-refractivity contribution in [1.82, 2.24) is 0 Å². The van der Waals surface area contributed by atoms with E-state index in [-0.39, 0.29) is 0 Å². The van der Waals surface area contributed by atoms with Crippen LogP contribution in [0.25, 0.3) is 11.1 Å². The molecule has 0 fully saturated rings. The van der Waals surface area contributed by atoms with Crippen LogP contribution in [0.15, 0.2) is 109 Å². The van der Waals surface area contributed by atoms with Crippen molar-refractivity contribution >= 4 is 30.4 Å². The molecule has 0 saturated carbocycles. The minimum absolute atomic E-state index is 0.758. The topological polar surface area (TPSA) is 3.24 Å². The molecule has 0 amide bonds. The summed E-state index contributed by atoms with van der Waals surface area (Å²) in [5, 5.41) is 0. The summed E-state index contributed by atoms with van der Waals surface area (Å²) in [4.78, 5) is 2.27. The average Bonchev–Trinajstić information content (AvgIpc) is 2.71. The lowest BCUT2D eigenvalue weighted by Crippen LogP contribution is -2.13. The quantitative estimate of drug-likeness (QED) is 0.439. The normalized spacial score (nSPS) is 10.5. The lowest BCUT2D eigenvalue weighted by molar-refractivity contribution is 1.29. The van der Waals surface area contributed by atoms with Crippen molar-refractivity contribution in [2.45, 2.75) is 0 Å². The molecule has 0 saturated heterocycles. The van der Waals surface area contributed by atoms with Gasteiger partial charge in [-0.3, -0.25) is 0 Å². The Morgan fingerprint density at radius 3 is 1.58 bits per heavy atom. The van der Waals surface area contributed by atoms with E-state index in [4.69, 9.17) is 7.85 Å². The highest BCUT2D eigenvalue weighted by atomic mass is 15.1. The summed E-state index contributed by atoms with van der Waals surface area (Å²) in [5.41, 5.74) is 6.34. The number of nitrogens with zero attached hydrogens (tertiary/aromatic N) is 1. The van der Waals surface area contributed by atoms with Gasteiger partial charge in [-0.25, -0.2) is 0 Å². The molecule has 0 bridgehead atoms. The van der Waals surface area contributed by atoms with E-state index in [9.17, 15) is 0 Å². The molecular formula is C24H18BN. The van der Waals surface area contributed by atoms with E-state index in [0.717, 1.165) is 33.7 Å². The standard InChI is InChI=1S/C24H18BN/c25-20-16-17-24(23(18-20)19-10-4-1-5-11-19)26(21-12-6-2-7-13-21)22-14-8-3-9-15-22/h1-18H. The maximum absolute atomic E-state index is 6.12. The molecule has 0 N–H and O–H groups in total. The Morgan fingerprint density at radius 2 is 1.04 bits per heavy atom. The number of benzene rings is 4. The molecule has 2 heteroatoms. The van der Waals surface area contributed by atoms with Crippen LogP contribution in [0.3, 0.4) is 0 Å². The van der Waals surface area contributed by atoms with Gasteiger partial charge in [0.05, 0.1) is 5.69 Å². The van der Waals surface area contributed by atoms with Gasteiger partial charge in [-0.2, -0.15) is 0 Å². The average molecular weight is 331 g/mol. The molecular weight excluding hydrogens is 313 g/mol. The second-order valence-corrected chi connectivity index (χ2v) is 6.15. The molecule has 0 aromatic heterocycles. The lowest BCUT2D eigenvalue weighted by atomic mass is 9.90. The molecule has 0 heterocycles. The van der Waals surface area contributed by atoms with Gasteiger partial charge in [-0.15, -0.1) is 0 Å². The molecule has 4 aromatic carbocycles. The third kappa shape index (κ3) is 3.27. The molecule has 4 rings (SSSR count). The lowest BCUT2D eigenvalue weighted by Gasteiger charge is -2.28. The van der Waals surface area contributed by atoms with E-state index in [1.807, 2.05) is 30.3 Å². The van der Waals surface area contributed by atoms with Crippen LogP contribution in [0.5, 0.6) is 0 Å². The molecule has 1 nitrogen and oxygen atoms in total. The van der Waals surface area contributed by atoms with Crippen molar-refractivity contribution in [2.24, 2.45) is 0 Å². The Kier molecular flexibility index (Phi) is 4.57. The van der Waals surface area contributed by atoms with Crippen molar-refractivity contribution in [1.29, 1.82) is 0 Å². The van der Waals surface area contributed by atoms with Gasteiger partial charge in [0.15, 0.2) is 0 Å². The second-order valence-electron chi connectivity index (χ2n) is 6.15. The Hall–Kier alpha value is -3.26. The van der Waals surface area contributed by atoms with Gasteiger partial charge in [0, 0.05) is 16.9 Å². The van der Waals surface area contributed by atoms with Gasteiger partial charge in [0.25, 0.3) is 0 Å². The molecule has 0 atom stereocenters. The van der Waals surface area contributed by atoms with Gasteiger partial charge < -0.3 is 4.90 Å². The summed E-state index contributed by atoms with van der Waals surface area (Å²) in [6.45, 7) is 0. The molecule has 4 aromatic rings. The van der Waals surface area contributed by atoms with Crippen LogP contribution in [0.2, 0.25) is 0 Å². The first-order valence-electron chi connectivity index (χ1n) is 8.68. The summed E-state index contributed by atoms with van der Waals surface area (Å²) in [6, 6.07) is 37.3. The molecule has 0 unspecified atom stereocenters. The largest absolute Gasteiger partial charge is 0.310 e. The zero-order valence-corrected chi connectivity index (χ0v) is 14.4. The minimum atomic E-state index is 0.758. The highest BCUT2D eigenvalue weighted by Crippen LogP contribution is 2.39. The first kappa shape index (κ1) is 16.2. The monoisotopic (exact) mass is 331 g/mol. The summed E-state index contributed by atoms with van der Waals surface area (Å²) >= 11 is 0. The number of rotatable bonds is 4. The van der Waals surface area contributed by atoms with Crippen molar-refractivity contribution in [3.8, 4) is 11.1 Å². The maximum atomic E-state index is 6.12. The summed E-state index contributed by atoms with van der Waals surface area (Å²) < 4.78 is 0. The first-order chi connectivity index (χ1) is 12.8. The van der Waals surface area contributed by atoms with E-state index in [1.54, 1.807) is 0 Å². The summed E-state index contributed by atoms with van der Waals surface area (Å²) in [5.74, 6) is 0. The number of anilines is 3. The van der Waals surface area contributed by atoms with E-state index in [1.165, 1.54) is 0 Å². The number of para-hydroxylation sites is 2. The van der Waals surface area contributed by atoms with E-state index in [2.05, 4.69) is 83.8 Å². The zero-order valence-electron chi connectivity index (χ0n) is 14.4. The molecule has 26 heavy (non-hydrogen) atoms. The predicted octanol–water partition coefficient (Wildman–Crippen LogP) is 5.62. The van der Waals surface area contributed by atoms with Crippen LogP contribution in [-0.2, 0) is 0 Å². The van der Waals surface area contributed by atoms with Crippen molar-refractivity contribution in [3.63, 3.8) is 0 Å². The minimum Gasteiger partial charge on any atom is -0.310 e. The van der Waals surface area contributed by atoms with Crippen LogP contribution < -0.4 is 10.4 Å². The summed E-state index contributed by atoms with van der Waals surface area (Å²) in [7, 11) is 6.12. The van der Waals surface area contributed by atoms with Crippen molar-refractivity contribution in [3.05, 3.63) is 109 Å². The van der Waals surface area contributed by atoms with E-state index >= 15 is 0 Å². The first-order valence-corrected chi connectivity index (χ1v) is 8.68. The second kappa shape index (κ2) is 7.32. The zero-order chi connectivity index (χ0) is 17.8. The molecule has 0 aliphatic rings. The van der Waals surface area contributed by atoms with Crippen LogP contribution in [0.4, 0.5) is 17.1 Å². The van der Waals surface area contributed by atoms with Gasteiger partial charge in [0.1, 0.15) is 7.85 Å². The third-order valence-electron chi connectivity index (χ3n) is 4.38. The molecule has 122 valence electrons. The Balaban J connectivity index is 1.95. The fourth-order valence-electron chi connectivity index (χ4n) is 3.18. The number of hydrogen-bond acceptors (Lipinski definition) is 1. The Labute approximate surface area is 156 Å². The smallest absolute Gasteiger partial charge is 0.113 e. The van der Waals surface area contributed by atoms with Crippen molar-refractivity contribution in [2.75, 3.05) is 4.90 Å². The molecule has 0 spiro atoms. The van der Waals surface area contributed by atoms with Gasteiger partial charge >= 0.3 is 0 Å². The van der Waals surface area contributed by atoms with Crippen LogP contribution in [-0.4, -0.2) is 7.85 Å². The van der Waals surface area contributed by atoms with Crippen LogP contribution in [0, 0.1) is 0 Å². The Morgan fingerprint density at radius 1 is 0.538 bits per heavy atom. The highest BCUT2D eigenvalue weighted by molar-refractivity contribution is 6.32. The summed E-state index contributed by atoms with van der Waals surface area (Å²) in [6.07, 6.45) is 0. The Bertz CT molecular complexity index is 943. The van der Waals surface area contributed by atoms with Crippen LogP contribution in [0.1, 0.15) is 0 Å². The fraction of sp³-hybridized carbons (Fsp3) is 0. The van der Waals surface area contributed by atoms with Crippen molar-refractivity contribution < 1.29 is 0 Å². The van der Waals surface area contributed by atoms with E-state index < -0.39 is 0 Å². The van der Waals surface area contributed by atoms with E-state index in [0.29, 0.717) is 0 Å². The van der Waals surface area contributed by atoms with Gasteiger partial charge in [-0.1, -0.05) is 84.3 Å². The van der Waals surface area contributed by atoms with Crippen LogP contribution >= 0.6 is 0 Å².